The highest BCUT2D eigenvalue weighted by atomic mass is 35.5. The summed E-state index contributed by atoms with van der Waals surface area (Å²) in [5, 5.41) is 2.85. The molecule has 0 radical (unpaired) electrons. The first kappa shape index (κ1) is 19.4. The number of nitrogens with two attached hydrogens (primary N) is 1. The molecule has 1 saturated carbocycles. The first-order valence-electron chi connectivity index (χ1n) is 9.13. The molecule has 2 fully saturated rings. The second-order valence-corrected chi connectivity index (χ2v) is 7.27. The molecule has 142 valence electrons. The highest BCUT2D eigenvalue weighted by molar-refractivity contribution is 6.04. The van der Waals surface area contributed by atoms with Gasteiger partial charge in [-0.1, -0.05) is 18.2 Å². The minimum absolute atomic E-state index is 0. The Balaban J connectivity index is 0.00000210. The molecule has 1 saturated heterocycles. The molecule has 2 amide bonds. The fourth-order valence-corrected chi connectivity index (χ4v) is 4.14. The van der Waals surface area contributed by atoms with Crippen LogP contribution in [0.2, 0.25) is 0 Å². The zero-order valence-electron chi connectivity index (χ0n) is 15.0. The Morgan fingerprint density at radius 2 is 1.63 bits per heavy atom. The Bertz CT molecular complexity index is 810. The number of anilines is 1. The molecule has 4 rings (SSSR count). The number of nitrogens with zero attached hydrogens (tertiary/aromatic N) is 1. The van der Waals surface area contributed by atoms with Gasteiger partial charge < -0.3 is 16.0 Å². The molecule has 3 unspecified atom stereocenters. The molecule has 2 aromatic rings. The van der Waals surface area contributed by atoms with Gasteiger partial charge in [0.1, 0.15) is 0 Å². The van der Waals surface area contributed by atoms with Gasteiger partial charge in [0.2, 0.25) is 0 Å². The van der Waals surface area contributed by atoms with E-state index in [4.69, 9.17) is 5.73 Å². The maximum Gasteiger partial charge on any atom is 0.255 e. The quantitative estimate of drug-likeness (QED) is 0.852. The van der Waals surface area contributed by atoms with Crippen molar-refractivity contribution in [2.75, 3.05) is 18.4 Å². The molecule has 0 bridgehead atoms. The predicted molar refractivity (Wildman–Crippen MR) is 108 cm³/mol. The van der Waals surface area contributed by atoms with E-state index < -0.39 is 0 Å². The number of amides is 2. The lowest BCUT2D eigenvalue weighted by atomic mass is 9.98. The molecule has 6 heteroatoms. The molecule has 3 N–H and O–H groups in total. The minimum atomic E-state index is -0.161. The number of hydrogen-bond donors (Lipinski definition) is 2. The van der Waals surface area contributed by atoms with Crippen LogP contribution >= 0.6 is 12.4 Å². The summed E-state index contributed by atoms with van der Waals surface area (Å²) < 4.78 is 0. The summed E-state index contributed by atoms with van der Waals surface area (Å²) in [6.07, 6.45) is 2.20. The summed E-state index contributed by atoms with van der Waals surface area (Å²) in [4.78, 5) is 26.8. The highest BCUT2D eigenvalue weighted by Crippen LogP contribution is 2.37. The van der Waals surface area contributed by atoms with Gasteiger partial charge in [-0.25, -0.2) is 0 Å². The summed E-state index contributed by atoms with van der Waals surface area (Å²) in [6, 6.07) is 16.4. The smallest absolute Gasteiger partial charge is 0.255 e. The van der Waals surface area contributed by atoms with Crippen molar-refractivity contribution in [1.82, 2.24) is 4.90 Å². The summed E-state index contributed by atoms with van der Waals surface area (Å²) in [7, 11) is 0. The van der Waals surface area contributed by atoms with Crippen LogP contribution in [0.15, 0.2) is 54.6 Å². The fourth-order valence-electron chi connectivity index (χ4n) is 4.14. The van der Waals surface area contributed by atoms with Gasteiger partial charge in [-0.15, -0.1) is 12.4 Å². The lowest BCUT2D eigenvalue weighted by molar-refractivity contribution is 0.0779. The number of benzene rings is 2. The van der Waals surface area contributed by atoms with Crippen molar-refractivity contribution in [2.24, 2.45) is 17.6 Å². The van der Waals surface area contributed by atoms with Gasteiger partial charge in [0, 0.05) is 35.9 Å². The van der Waals surface area contributed by atoms with Gasteiger partial charge in [0.15, 0.2) is 0 Å². The molecule has 0 spiro atoms. The van der Waals surface area contributed by atoms with Crippen LogP contribution in [0, 0.1) is 11.8 Å². The van der Waals surface area contributed by atoms with Gasteiger partial charge in [-0.05, 0) is 61.1 Å². The Labute approximate surface area is 165 Å². The van der Waals surface area contributed by atoms with Gasteiger partial charge in [-0.2, -0.15) is 0 Å². The molecule has 2 aliphatic rings. The average molecular weight is 386 g/mol. The van der Waals surface area contributed by atoms with Crippen molar-refractivity contribution >= 4 is 29.9 Å². The number of rotatable bonds is 3. The first-order valence-corrected chi connectivity index (χ1v) is 9.13. The van der Waals surface area contributed by atoms with Crippen molar-refractivity contribution in [2.45, 2.75) is 18.9 Å². The van der Waals surface area contributed by atoms with Crippen molar-refractivity contribution in [3.63, 3.8) is 0 Å². The number of likely N-dealkylation sites (tertiary alicyclic amines) is 1. The standard InChI is InChI=1S/C21H23N3O2.ClH/c22-19-11-8-16-12-24(13-18(16)19)21(26)15-6-9-17(10-7-15)23-20(25)14-4-2-1-3-5-14;/h1-7,9-10,16,18-19H,8,11-13,22H2,(H,23,25);1H. The number of nitrogens with one attached hydrogen (secondary N) is 1. The van der Waals surface area contributed by atoms with Crippen molar-refractivity contribution in [1.29, 1.82) is 0 Å². The summed E-state index contributed by atoms with van der Waals surface area (Å²) in [5.41, 5.74) is 8.09. The maximum absolute atomic E-state index is 12.7. The van der Waals surface area contributed by atoms with E-state index in [1.807, 2.05) is 23.1 Å². The molecular weight excluding hydrogens is 362 g/mol. The number of carbonyl (C=O) groups excluding carboxylic acids is 2. The van der Waals surface area contributed by atoms with E-state index >= 15 is 0 Å². The topological polar surface area (TPSA) is 75.4 Å². The monoisotopic (exact) mass is 385 g/mol. The zero-order chi connectivity index (χ0) is 18.1. The van der Waals surface area contributed by atoms with E-state index in [-0.39, 0.29) is 30.3 Å². The molecule has 3 atom stereocenters. The van der Waals surface area contributed by atoms with Gasteiger partial charge in [0.05, 0.1) is 0 Å². The fraction of sp³-hybridized carbons (Fsp3) is 0.333. The van der Waals surface area contributed by atoms with E-state index in [1.54, 1.807) is 36.4 Å². The summed E-state index contributed by atoms with van der Waals surface area (Å²) in [6.45, 7) is 1.57. The molecule has 1 aliphatic heterocycles. The van der Waals surface area contributed by atoms with E-state index in [0.717, 1.165) is 25.9 Å². The normalized spacial score (nSPS) is 23.4. The SMILES string of the molecule is Cl.NC1CCC2CN(C(=O)c3ccc(NC(=O)c4ccccc4)cc3)CC12. The lowest BCUT2D eigenvalue weighted by Gasteiger charge is -2.19. The summed E-state index contributed by atoms with van der Waals surface area (Å²) >= 11 is 0. The lowest BCUT2D eigenvalue weighted by Crippen LogP contribution is -2.33. The van der Waals surface area contributed by atoms with Crippen LogP contribution in [0.25, 0.3) is 0 Å². The van der Waals surface area contributed by atoms with Gasteiger partial charge >= 0.3 is 0 Å². The molecule has 0 aromatic heterocycles. The van der Waals surface area contributed by atoms with Crippen LogP contribution in [0.5, 0.6) is 0 Å². The van der Waals surface area contributed by atoms with Crippen molar-refractivity contribution in [3.8, 4) is 0 Å². The number of hydrogen-bond acceptors (Lipinski definition) is 3. The Hall–Kier alpha value is -2.37. The van der Waals surface area contributed by atoms with E-state index in [0.29, 0.717) is 28.7 Å². The van der Waals surface area contributed by atoms with Crippen molar-refractivity contribution in [3.05, 3.63) is 65.7 Å². The summed E-state index contributed by atoms with van der Waals surface area (Å²) in [5.74, 6) is 0.889. The van der Waals surface area contributed by atoms with Crippen LogP contribution in [-0.4, -0.2) is 35.8 Å². The maximum atomic E-state index is 12.7. The third-order valence-electron chi connectivity index (χ3n) is 5.63. The van der Waals surface area contributed by atoms with Crippen LogP contribution in [0.3, 0.4) is 0 Å². The van der Waals surface area contributed by atoms with Gasteiger partial charge in [0.25, 0.3) is 11.8 Å². The molecule has 1 aliphatic carbocycles. The average Bonchev–Trinajstić information content (AvgIpc) is 3.25. The zero-order valence-corrected chi connectivity index (χ0v) is 15.8. The van der Waals surface area contributed by atoms with E-state index in [1.165, 1.54) is 0 Å². The minimum Gasteiger partial charge on any atom is -0.338 e. The van der Waals surface area contributed by atoms with E-state index in [2.05, 4.69) is 5.32 Å². The second-order valence-electron chi connectivity index (χ2n) is 7.27. The van der Waals surface area contributed by atoms with E-state index in [9.17, 15) is 9.59 Å². The third kappa shape index (κ3) is 3.99. The van der Waals surface area contributed by atoms with Crippen LogP contribution in [-0.2, 0) is 0 Å². The Kier molecular flexibility index (Phi) is 5.82. The Morgan fingerprint density at radius 3 is 2.30 bits per heavy atom. The molecule has 27 heavy (non-hydrogen) atoms. The molecule has 5 nitrogen and oxygen atoms in total. The van der Waals surface area contributed by atoms with Crippen LogP contribution in [0.1, 0.15) is 33.6 Å². The number of halogens is 1. The Morgan fingerprint density at radius 1 is 0.926 bits per heavy atom. The second kappa shape index (κ2) is 8.11. The number of carbonyl (C=O) groups is 2. The largest absolute Gasteiger partial charge is 0.338 e. The van der Waals surface area contributed by atoms with Crippen LogP contribution < -0.4 is 11.1 Å². The third-order valence-corrected chi connectivity index (χ3v) is 5.63. The van der Waals surface area contributed by atoms with Gasteiger partial charge in [-0.3, -0.25) is 9.59 Å². The molecular formula is C21H24ClN3O2. The first-order chi connectivity index (χ1) is 12.6. The highest BCUT2D eigenvalue weighted by Gasteiger charge is 2.42. The number of fused-ring (bicyclic) bond motifs is 1. The van der Waals surface area contributed by atoms with Crippen LogP contribution in [0.4, 0.5) is 5.69 Å². The molecule has 1 heterocycles. The predicted octanol–water partition coefficient (Wildman–Crippen LogP) is 3.17. The molecule has 2 aromatic carbocycles. The van der Waals surface area contributed by atoms with Crippen molar-refractivity contribution < 1.29 is 9.59 Å².